The average Bonchev–Trinajstić information content (AvgIpc) is 2.49. The van der Waals surface area contributed by atoms with Gasteiger partial charge in [0.15, 0.2) is 0 Å². The molecule has 112 valence electrons. The summed E-state index contributed by atoms with van der Waals surface area (Å²) in [5.74, 6) is -2.90. The molecule has 0 spiro atoms. The fraction of sp³-hybridized carbons (Fsp3) is 0.125. The molecule has 3 nitrogen and oxygen atoms in total. The molecular formula is C16H10F3NO2. The van der Waals surface area contributed by atoms with Gasteiger partial charge in [-0.25, -0.2) is 13.2 Å². The van der Waals surface area contributed by atoms with Crippen LogP contribution in [0.15, 0.2) is 41.4 Å². The first-order valence-electron chi connectivity index (χ1n) is 6.49. The molecule has 0 N–H and O–H groups in total. The van der Waals surface area contributed by atoms with Crippen LogP contribution in [0.4, 0.5) is 13.2 Å². The molecule has 0 aliphatic carbocycles. The minimum Gasteiger partial charge on any atom is -0.458 e. The monoisotopic (exact) mass is 305 g/mol. The molecule has 22 heavy (non-hydrogen) atoms. The number of hydrogen-bond acceptors (Lipinski definition) is 3. The van der Waals surface area contributed by atoms with Crippen molar-refractivity contribution in [1.82, 2.24) is 0 Å². The molecule has 0 saturated heterocycles. The number of carbonyl (C=O) groups is 1. The van der Waals surface area contributed by atoms with E-state index in [-0.39, 0.29) is 18.7 Å². The average molecular weight is 305 g/mol. The van der Waals surface area contributed by atoms with Crippen LogP contribution in [0.5, 0.6) is 0 Å². The maximum atomic E-state index is 14.2. The van der Waals surface area contributed by atoms with Gasteiger partial charge in [0.2, 0.25) is 0 Å². The summed E-state index contributed by atoms with van der Waals surface area (Å²) < 4.78 is 46.5. The Morgan fingerprint density at radius 1 is 1.00 bits per heavy atom. The van der Waals surface area contributed by atoms with E-state index in [9.17, 15) is 18.0 Å². The highest BCUT2D eigenvalue weighted by molar-refractivity contribution is 6.04. The number of benzene rings is 2. The highest BCUT2D eigenvalue weighted by Crippen LogP contribution is 2.29. The van der Waals surface area contributed by atoms with Crippen molar-refractivity contribution < 1.29 is 22.7 Å². The summed E-state index contributed by atoms with van der Waals surface area (Å²) in [6, 6.07) is 7.24. The van der Waals surface area contributed by atoms with Crippen molar-refractivity contribution in [2.75, 3.05) is 13.2 Å². The Morgan fingerprint density at radius 2 is 1.73 bits per heavy atom. The van der Waals surface area contributed by atoms with E-state index in [1.165, 1.54) is 18.2 Å². The highest BCUT2D eigenvalue weighted by atomic mass is 19.1. The number of rotatable bonds is 2. The van der Waals surface area contributed by atoms with Crippen molar-refractivity contribution in [3.05, 3.63) is 59.4 Å². The lowest BCUT2D eigenvalue weighted by molar-refractivity contribution is -0.140. The van der Waals surface area contributed by atoms with Crippen molar-refractivity contribution in [2.45, 2.75) is 0 Å². The summed E-state index contributed by atoms with van der Waals surface area (Å²) in [5, 5.41) is 0. The zero-order valence-electron chi connectivity index (χ0n) is 11.3. The van der Waals surface area contributed by atoms with Gasteiger partial charge in [-0.05, 0) is 18.2 Å². The molecule has 1 aliphatic rings. The summed E-state index contributed by atoms with van der Waals surface area (Å²) in [6.07, 6.45) is 0. The number of carbonyl (C=O) groups excluding carboxylic acids is 1. The number of esters is 1. The summed E-state index contributed by atoms with van der Waals surface area (Å²) in [7, 11) is 0. The Balaban J connectivity index is 2.02. The predicted octanol–water partition coefficient (Wildman–Crippen LogP) is 3.12. The van der Waals surface area contributed by atoms with E-state index in [2.05, 4.69) is 4.99 Å². The maximum absolute atomic E-state index is 14.2. The predicted molar refractivity (Wildman–Crippen MR) is 74.1 cm³/mol. The Bertz CT molecular complexity index is 767. The van der Waals surface area contributed by atoms with Crippen molar-refractivity contribution >= 4 is 11.7 Å². The third-order valence-corrected chi connectivity index (χ3v) is 3.30. The van der Waals surface area contributed by atoms with Crippen LogP contribution in [0, 0.1) is 17.5 Å². The minimum absolute atomic E-state index is 0.0499. The lowest BCUT2D eigenvalue weighted by Crippen LogP contribution is -2.23. The fourth-order valence-corrected chi connectivity index (χ4v) is 2.23. The van der Waals surface area contributed by atoms with E-state index >= 15 is 0 Å². The molecule has 1 aliphatic heterocycles. The summed E-state index contributed by atoms with van der Waals surface area (Å²) in [4.78, 5) is 14.9. The number of halogens is 3. The molecule has 6 heteroatoms. The topological polar surface area (TPSA) is 38.7 Å². The molecule has 0 unspecified atom stereocenters. The zero-order chi connectivity index (χ0) is 15.7. The van der Waals surface area contributed by atoms with E-state index in [0.717, 1.165) is 18.2 Å². The molecule has 0 saturated carbocycles. The molecule has 0 fully saturated rings. The molecule has 2 aromatic rings. The van der Waals surface area contributed by atoms with Crippen molar-refractivity contribution in [3.8, 4) is 11.1 Å². The molecular weight excluding hydrogens is 295 g/mol. The second-order valence-electron chi connectivity index (χ2n) is 4.71. The van der Waals surface area contributed by atoms with Crippen LogP contribution in [0.3, 0.4) is 0 Å². The van der Waals surface area contributed by atoms with Gasteiger partial charge in [-0.15, -0.1) is 0 Å². The molecule has 3 rings (SSSR count). The van der Waals surface area contributed by atoms with Crippen LogP contribution in [0.25, 0.3) is 11.1 Å². The third kappa shape index (κ3) is 2.59. The smallest absolute Gasteiger partial charge is 0.328 e. The SMILES string of the molecule is O=C1CN=C(c2ccc(-c3c(F)cccc3F)c(F)c2)CO1. The van der Waals surface area contributed by atoms with Gasteiger partial charge >= 0.3 is 5.97 Å². The number of aliphatic imine (C=N–C) groups is 1. The van der Waals surface area contributed by atoms with E-state index < -0.39 is 29.0 Å². The van der Waals surface area contributed by atoms with Crippen LogP contribution in [-0.4, -0.2) is 24.8 Å². The lowest BCUT2D eigenvalue weighted by Gasteiger charge is -2.14. The van der Waals surface area contributed by atoms with Crippen molar-refractivity contribution in [2.24, 2.45) is 4.99 Å². The summed E-state index contributed by atoms with van der Waals surface area (Å²) in [5.41, 5.74) is 0.237. The molecule has 1 heterocycles. The highest BCUT2D eigenvalue weighted by Gasteiger charge is 2.18. The van der Waals surface area contributed by atoms with Crippen LogP contribution in [0.1, 0.15) is 5.56 Å². The molecule has 0 radical (unpaired) electrons. The van der Waals surface area contributed by atoms with E-state index in [1.54, 1.807) is 0 Å². The number of ether oxygens (including phenoxy) is 1. The normalized spacial score (nSPS) is 14.5. The van der Waals surface area contributed by atoms with Gasteiger partial charge in [-0.2, -0.15) is 0 Å². The third-order valence-electron chi connectivity index (χ3n) is 3.30. The second-order valence-corrected chi connectivity index (χ2v) is 4.71. The zero-order valence-corrected chi connectivity index (χ0v) is 11.3. The van der Waals surface area contributed by atoms with Gasteiger partial charge in [0.05, 0.1) is 11.3 Å². The first-order valence-corrected chi connectivity index (χ1v) is 6.49. The molecule has 0 aromatic heterocycles. The summed E-state index contributed by atoms with van der Waals surface area (Å²) in [6.45, 7) is -0.174. The molecule has 0 bridgehead atoms. The number of hydrogen-bond donors (Lipinski definition) is 0. The summed E-state index contributed by atoms with van der Waals surface area (Å²) >= 11 is 0. The van der Waals surface area contributed by atoms with Crippen molar-refractivity contribution in [3.63, 3.8) is 0 Å². The van der Waals surface area contributed by atoms with Gasteiger partial charge in [-0.1, -0.05) is 18.2 Å². The van der Waals surface area contributed by atoms with Gasteiger partial charge in [0, 0.05) is 11.1 Å². The Labute approximate surface area is 124 Å². The Morgan fingerprint density at radius 3 is 2.32 bits per heavy atom. The first kappa shape index (κ1) is 14.3. The van der Waals surface area contributed by atoms with Crippen LogP contribution < -0.4 is 0 Å². The Kier molecular flexibility index (Phi) is 3.66. The number of nitrogens with zero attached hydrogens (tertiary/aromatic N) is 1. The first-order chi connectivity index (χ1) is 10.6. The van der Waals surface area contributed by atoms with Gasteiger partial charge in [0.1, 0.15) is 30.6 Å². The Hall–Kier alpha value is -2.63. The van der Waals surface area contributed by atoms with E-state index in [1.807, 2.05) is 0 Å². The van der Waals surface area contributed by atoms with Crippen molar-refractivity contribution in [1.29, 1.82) is 0 Å². The maximum Gasteiger partial charge on any atom is 0.328 e. The fourth-order valence-electron chi connectivity index (χ4n) is 2.23. The standard InChI is InChI=1S/C16H10F3NO2/c17-11-2-1-3-12(18)16(11)10-5-4-9(6-13(10)19)14-8-22-15(21)7-20-14/h1-6H,7-8H2. The van der Waals surface area contributed by atoms with E-state index in [0.29, 0.717) is 11.3 Å². The largest absolute Gasteiger partial charge is 0.458 e. The second kappa shape index (κ2) is 5.63. The van der Waals surface area contributed by atoms with Crippen LogP contribution in [-0.2, 0) is 9.53 Å². The number of cyclic esters (lactones) is 1. The van der Waals surface area contributed by atoms with Gasteiger partial charge in [-0.3, -0.25) is 9.79 Å². The van der Waals surface area contributed by atoms with Gasteiger partial charge in [0.25, 0.3) is 0 Å². The quantitative estimate of drug-likeness (QED) is 0.800. The molecule has 0 amide bonds. The molecule has 2 aromatic carbocycles. The van der Waals surface area contributed by atoms with Crippen LogP contribution >= 0.6 is 0 Å². The lowest BCUT2D eigenvalue weighted by atomic mass is 10.0. The van der Waals surface area contributed by atoms with E-state index in [4.69, 9.17) is 4.74 Å². The minimum atomic E-state index is -0.837. The van der Waals surface area contributed by atoms with Crippen LogP contribution in [0.2, 0.25) is 0 Å². The molecule has 0 atom stereocenters. The van der Waals surface area contributed by atoms with Gasteiger partial charge < -0.3 is 4.74 Å².